The Hall–Kier alpha value is -1.38. The number of hydrogen-bond acceptors (Lipinski definition) is 2. The summed E-state index contributed by atoms with van der Waals surface area (Å²) < 4.78 is 5.89. The molecule has 19 heavy (non-hydrogen) atoms. The van der Waals surface area contributed by atoms with Crippen LogP contribution in [-0.4, -0.2) is 12.1 Å². The SMILES string of the molecule is NC1(COCc2cccc3ccccc23)CCCC1. The Morgan fingerprint density at radius 3 is 2.58 bits per heavy atom. The lowest BCUT2D eigenvalue weighted by Crippen LogP contribution is -2.41. The number of fused-ring (bicyclic) bond motifs is 1. The maximum atomic E-state index is 6.31. The maximum Gasteiger partial charge on any atom is 0.0723 e. The molecule has 1 aliphatic rings. The van der Waals surface area contributed by atoms with Gasteiger partial charge in [-0.2, -0.15) is 0 Å². The lowest BCUT2D eigenvalue weighted by molar-refractivity contribution is 0.0757. The van der Waals surface area contributed by atoms with Crippen molar-refractivity contribution in [2.24, 2.45) is 5.73 Å². The van der Waals surface area contributed by atoms with Crippen LogP contribution in [0.25, 0.3) is 10.8 Å². The first-order valence-electron chi connectivity index (χ1n) is 7.10. The second-order valence-electron chi connectivity index (χ2n) is 5.70. The van der Waals surface area contributed by atoms with Gasteiger partial charge in [-0.3, -0.25) is 0 Å². The van der Waals surface area contributed by atoms with Crippen LogP contribution in [0, 0.1) is 0 Å². The molecule has 0 heterocycles. The third-order valence-corrected chi connectivity index (χ3v) is 4.13. The molecule has 2 aromatic carbocycles. The first kappa shape index (κ1) is 12.6. The van der Waals surface area contributed by atoms with E-state index in [1.165, 1.54) is 29.2 Å². The van der Waals surface area contributed by atoms with Crippen LogP contribution in [0.1, 0.15) is 31.2 Å². The van der Waals surface area contributed by atoms with Crippen molar-refractivity contribution in [2.45, 2.75) is 37.8 Å². The van der Waals surface area contributed by atoms with Crippen molar-refractivity contribution in [1.82, 2.24) is 0 Å². The fourth-order valence-corrected chi connectivity index (χ4v) is 3.01. The molecule has 1 aliphatic carbocycles. The van der Waals surface area contributed by atoms with Gasteiger partial charge < -0.3 is 10.5 Å². The van der Waals surface area contributed by atoms with Gasteiger partial charge in [0.05, 0.1) is 13.2 Å². The van der Waals surface area contributed by atoms with E-state index in [0.29, 0.717) is 13.2 Å². The van der Waals surface area contributed by atoms with Gasteiger partial charge in [0.2, 0.25) is 0 Å². The standard InChI is InChI=1S/C17H21NO/c18-17(10-3-4-11-17)13-19-12-15-8-5-7-14-6-1-2-9-16(14)15/h1-2,5-9H,3-4,10-13,18H2. The zero-order valence-electron chi connectivity index (χ0n) is 11.3. The third kappa shape index (κ3) is 2.80. The molecular weight excluding hydrogens is 234 g/mol. The van der Waals surface area contributed by atoms with Gasteiger partial charge in [0, 0.05) is 5.54 Å². The summed E-state index contributed by atoms with van der Waals surface area (Å²) in [6.07, 6.45) is 4.69. The molecule has 2 heteroatoms. The molecule has 0 atom stereocenters. The van der Waals surface area contributed by atoms with Crippen LogP contribution in [0.5, 0.6) is 0 Å². The van der Waals surface area contributed by atoms with Crippen LogP contribution < -0.4 is 5.73 Å². The molecule has 3 rings (SSSR count). The van der Waals surface area contributed by atoms with E-state index in [9.17, 15) is 0 Å². The molecule has 1 saturated carbocycles. The molecule has 0 bridgehead atoms. The van der Waals surface area contributed by atoms with Gasteiger partial charge in [-0.15, -0.1) is 0 Å². The van der Waals surface area contributed by atoms with Crippen molar-refractivity contribution in [1.29, 1.82) is 0 Å². The van der Waals surface area contributed by atoms with Gasteiger partial charge in [0.1, 0.15) is 0 Å². The van der Waals surface area contributed by atoms with Crippen molar-refractivity contribution in [3.05, 3.63) is 48.0 Å². The lowest BCUT2D eigenvalue weighted by Gasteiger charge is -2.23. The Morgan fingerprint density at radius 2 is 1.74 bits per heavy atom. The highest BCUT2D eigenvalue weighted by molar-refractivity contribution is 5.85. The predicted molar refractivity (Wildman–Crippen MR) is 79.0 cm³/mol. The number of ether oxygens (including phenoxy) is 1. The summed E-state index contributed by atoms with van der Waals surface area (Å²) in [6.45, 7) is 1.33. The van der Waals surface area contributed by atoms with Gasteiger partial charge in [0.25, 0.3) is 0 Å². The fraction of sp³-hybridized carbons (Fsp3) is 0.412. The number of benzene rings is 2. The molecule has 0 unspecified atom stereocenters. The third-order valence-electron chi connectivity index (χ3n) is 4.13. The van der Waals surface area contributed by atoms with Crippen molar-refractivity contribution < 1.29 is 4.74 Å². The summed E-state index contributed by atoms with van der Waals surface area (Å²) in [5, 5.41) is 2.55. The van der Waals surface area contributed by atoms with Crippen molar-refractivity contribution >= 4 is 10.8 Å². The summed E-state index contributed by atoms with van der Waals surface area (Å²) in [5.74, 6) is 0. The van der Waals surface area contributed by atoms with Gasteiger partial charge >= 0.3 is 0 Å². The molecule has 2 nitrogen and oxygen atoms in total. The summed E-state index contributed by atoms with van der Waals surface area (Å²) >= 11 is 0. The number of rotatable bonds is 4. The highest BCUT2D eigenvalue weighted by atomic mass is 16.5. The Morgan fingerprint density at radius 1 is 1.00 bits per heavy atom. The Labute approximate surface area is 114 Å². The minimum atomic E-state index is -0.0788. The Bertz CT molecular complexity index is 553. The molecule has 0 spiro atoms. The number of nitrogens with two attached hydrogens (primary N) is 1. The van der Waals surface area contributed by atoms with Gasteiger partial charge in [-0.05, 0) is 29.2 Å². The van der Waals surface area contributed by atoms with E-state index in [2.05, 4.69) is 42.5 Å². The van der Waals surface area contributed by atoms with Gasteiger partial charge in [-0.1, -0.05) is 55.3 Å². The maximum absolute atomic E-state index is 6.31. The van der Waals surface area contributed by atoms with Crippen LogP contribution >= 0.6 is 0 Å². The van der Waals surface area contributed by atoms with Crippen LogP contribution in [0.4, 0.5) is 0 Å². The second-order valence-corrected chi connectivity index (χ2v) is 5.70. The predicted octanol–water partition coefficient (Wildman–Crippen LogP) is 3.63. The van der Waals surface area contributed by atoms with Crippen molar-refractivity contribution in [3.8, 4) is 0 Å². The van der Waals surface area contributed by atoms with Crippen molar-refractivity contribution in [3.63, 3.8) is 0 Å². The van der Waals surface area contributed by atoms with Crippen LogP contribution in [-0.2, 0) is 11.3 Å². The summed E-state index contributed by atoms with van der Waals surface area (Å²) in [7, 11) is 0. The van der Waals surface area contributed by atoms with Crippen molar-refractivity contribution in [2.75, 3.05) is 6.61 Å². The van der Waals surface area contributed by atoms with E-state index >= 15 is 0 Å². The molecule has 100 valence electrons. The van der Waals surface area contributed by atoms with Gasteiger partial charge in [-0.25, -0.2) is 0 Å². The zero-order valence-corrected chi connectivity index (χ0v) is 11.3. The average molecular weight is 255 g/mol. The molecule has 0 radical (unpaired) electrons. The normalized spacial score (nSPS) is 17.9. The highest BCUT2D eigenvalue weighted by Gasteiger charge is 2.29. The van der Waals surface area contributed by atoms with Crippen LogP contribution in [0.15, 0.2) is 42.5 Å². The smallest absolute Gasteiger partial charge is 0.0723 e. The summed E-state index contributed by atoms with van der Waals surface area (Å²) in [5.41, 5.74) is 7.48. The molecule has 2 N–H and O–H groups in total. The van der Waals surface area contributed by atoms with Gasteiger partial charge in [0.15, 0.2) is 0 Å². The zero-order chi connectivity index (χ0) is 13.1. The average Bonchev–Trinajstić information content (AvgIpc) is 2.86. The highest BCUT2D eigenvalue weighted by Crippen LogP contribution is 2.28. The Balaban J connectivity index is 1.68. The number of hydrogen-bond donors (Lipinski definition) is 1. The molecule has 0 aliphatic heterocycles. The van der Waals surface area contributed by atoms with E-state index in [0.717, 1.165) is 12.8 Å². The largest absolute Gasteiger partial charge is 0.375 e. The molecule has 0 amide bonds. The second kappa shape index (κ2) is 5.32. The van der Waals surface area contributed by atoms with E-state index in [1.807, 2.05) is 0 Å². The van der Waals surface area contributed by atoms with E-state index in [1.54, 1.807) is 0 Å². The summed E-state index contributed by atoms with van der Waals surface area (Å²) in [6, 6.07) is 14.8. The molecular formula is C17H21NO. The van der Waals surface area contributed by atoms with Crippen LogP contribution in [0.2, 0.25) is 0 Å². The minimum Gasteiger partial charge on any atom is -0.375 e. The lowest BCUT2D eigenvalue weighted by atomic mass is 10.0. The quantitative estimate of drug-likeness (QED) is 0.905. The monoisotopic (exact) mass is 255 g/mol. The first-order valence-corrected chi connectivity index (χ1v) is 7.10. The van der Waals surface area contributed by atoms with E-state index in [-0.39, 0.29) is 5.54 Å². The summed E-state index contributed by atoms with van der Waals surface area (Å²) in [4.78, 5) is 0. The Kier molecular flexibility index (Phi) is 3.54. The fourth-order valence-electron chi connectivity index (χ4n) is 3.01. The topological polar surface area (TPSA) is 35.2 Å². The minimum absolute atomic E-state index is 0.0788. The molecule has 0 saturated heterocycles. The van der Waals surface area contributed by atoms with E-state index in [4.69, 9.17) is 10.5 Å². The molecule has 0 aromatic heterocycles. The molecule has 2 aromatic rings. The first-order chi connectivity index (χ1) is 9.27. The van der Waals surface area contributed by atoms with E-state index < -0.39 is 0 Å². The van der Waals surface area contributed by atoms with Crippen LogP contribution in [0.3, 0.4) is 0 Å². The molecule has 1 fully saturated rings.